The van der Waals surface area contributed by atoms with Gasteiger partial charge in [0.05, 0.1) is 0 Å². The molecule has 0 saturated heterocycles. The summed E-state index contributed by atoms with van der Waals surface area (Å²) in [5.41, 5.74) is 6.44. The second-order valence-electron chi connectivity index (χ2n) is 8.07. The molecular formula is C16H36N2. The Morgan fingerprint density at radius 2 is 1.61 bits per heavy atom. The minimum Gasteiger partial charge on any atom is -0.330 e. The molecule has 0 heterocycles. The minimum atomic E-state index is 0.217. The quantitative estimate of drug-likeness (QED) is 0.693. The van der Waals surface area contributed by atoms with E-state index in [0.717, 1.165) is 19.0 Å². The standard InChI is InChI=1S/C16H36N2/c1-13(2)10-14(11-17)8-9-18-16(6,7)12-15(3,4)5/h13-14,18H,8-12,17H2,1-7H3. The van der Waals surface area contributed by atoms with E-state index in [1.807, 2.05) is 0 Å². The molecule has 1 unspecified atom stereocenters. The smallest absolute Gasteiger partial charge is 0.0130 e. The third kappa shape index (κ3) is 9.90. The van der Waals surface area contributed by atoms with Crippen molar-refractivity contribution in [1.82, 2.24) is 5.32 Å². The first-order chi connectivity index (χ1) is 8.06. The van der Waals surface area contributed by atoms with Crippen molar-refractivity contribution >= 4 is 0 Å². The predicted octanol–water partition coefficient (Wildman–Crippen LogP) is 3.80. The molecule has 1 atom stereocenters. The Morgan fingerprint density at radius 3 is 2.00 bits per heavy atom. The van der Waals surface area contributed by atoms with Gasteiger partial charge in [0.1, 0.15) is 0 Å². The van der Waals surface area contributed by atoms with E-state index in [-0.39, 0.29) is 5.54 Å². The molecule has 2 heteroatoms. The van der Waals surface area contributed by atoms with Gasteiger partial charge in [-0.05, 0) is 63.5 Å². The molecule has 0 aliphatic heterocycles. The zero-order valence-electron chi connectivity index (χ0n) is 13.8. The third-order valence-electron chi connectivity index (χ3n) is 3.27. The Balaban J connectivity index is 4.00. The van der Waals surface area contributed by atoms with Crippen LogP contribution in [0.3, 0.4) is 0 Å². The number of hydrogen-bond donors (Lipinski definition) is 2. The van der Waals surface area contributed by atoms with E-state index in [1.165, 1.54) is 19.3 Å². The maximum absolute atomic E-state index is 5.84. The molecule has 0 bridgehead atoms. The van der Waals surface area contributed by atoms with Crippen LogP contribution in [-0.2, 0) is 0 Å². The van der Waals surface area contributed by atoms with Crippen molar-refractivity contribution < 1.29 is 0 Å². The second-order valence-corrected chi connectivity index (χ2v) is 8.07. The van der Waals surface area contributed by atoms with Gasteiger partial charge in [-0.2, -0.15) is 0 Å². The van der Waals surface area contributed by atoms with Crippen molar-refractivity contribution in [3.8, 4) is 0 Å². The minimum absolute atomic E-state index is 0.217. The number of nitrogens with one attached hydrogen (secondary N) is 1. The van der Waals surface area contributed by atoms with Crippen molar-refractivity contribution in [1.29, 1.82) is 0 Å². The topological polar surface area (TPSA) is 38.0 Å². The summed E-state index contributed by atoms with van der Waals surface area (Å²) in [6.45, 7) is 18.0. The Hall–Kier alpha value is -0.0800. The number of hydrogen-bond acceptors (Lipinski definition) is 2. The fourth-order valence-electron chi connectivity index (χ4n) is 3.00. The zero-order valence-corrected chi connectivity index (χ0v) is 13.8. The Labute approximate surface area is 115 Å². The molecule has 0 saturated carbocycles. The van der Waals surface area contributed by atoms with Crippen molar-refractivity contribution in [2.45, 2.75) is 73.3 Å². The van der Waals surface area contributed by atoms with Crippen LogP contribution in [-0.4, -0.2) is 18.6 Å². The Morgan fingerprint density at radius 1 is 1.06 bits per heavy atom. The molecule has 0 aromatic rings. The molecule has 0 aliphatic rings. The van der Waals surface area contributed by atoms with Crippen LogP contribution in [0.2, 0.25) is 0 Å². The summed E-state index contributed by atoms with van der Waals surface area (Å²) in [6, 6.07) is 0. The maximum Gasteiger partial charge on any atom is 0.0130 e. The highest BCUT2D eigenvalue weighted by atomic mass is 15.0. The first-order valence-corrected chi connectivity index (χ1v) is 7.51. The van der Waals surface area contributed by atoms with Gasteiger partial charge in [0.2, 0.25) is 0 Å². The van der Waals surface area contributed by atoms with Crippen LogP contribution in [0.5, 0.6) is 0 Å². The highest BCUT2D eigenvalue weighted by Crippen LogP contribution is 2.26. The van der Waals surface area contributed by atoms with Crippen LogP contribution in [0, 0.1) is 17.3 Å². The van der Waals surface area contributed by atoms with Gasteiger partial charge in [0.15, 0.2) is 0 Å². The van der Waals surface area contributed by atoms with Crippen LogP contribution >= 0.6 is 0 Å². The van der Waals surface area contributed by atoms with E-state index in [4.69, 9.17) is 5.73 Å². The lowest BCUT2D eigenvalue weighted by Crippen LogP contribution is -2.43. The highest BCUT2D eigenvalue weighted by Gasteiger charge is 2.24. The lowest BCUT2D eigenvalue weighted by molar-refractivity contribution is 0.236. The average molecular weight is 256 g/mol. The maximum atomic E-state index is 5.84. The Kier molecular flexibility index (Phi) is 7.46. The molecule has 0 spiro atoms. The van der Waals surface area contributed by atoms with Crippen LogP contribution < -0.4 is 11.1 Å². The van der Waals surface area contributed by atoms with Crippen molar-refractivity contribution in [3.05, 3.63) is 0 Å². The fraction of sp³-hybridized carbons (Fsp3) is 1.00. The van der Waals surface area contributed by atoms with Crippen LogP contribution in [0.4, 0.5) is 0 Å². The monoisotopic (exact) mass is 256 g/mol. The molecule has 0 aromatic heterocycles. The SMILES string of the molecule is CC(C)CC(CN)CCNC(C)(C)CC(C)(C)C. The van der Waals surface area contributed by atoms with E-state index in [1.54, 1.807) is 0 Å². The summed E-state index contributed by atoms with van der Waals surface area (Å²) >= 11 is 0. The van der Waals surface area contributed by atoms with Gasteiger partial charge in [-0.25, -0.2) is 0 Å². The number of rotatable bonds is 8. The van der Waals surface area contributed by atoms with E-state index < -0.39 is 0 Å². The first-order valence-electron chi connectivity index (χ1n) is 7.51. The summed E-state index contributed by atoms with van der Waals surface area (Å²) < 4.78 is 0. The summed E-state index contributed by atoms with van der Waals surface area (Å²) in [7, 11) is 0. The van der Waals surface area contributed by atoms with E-state index >= 15 is 0 Å². The number of nitrogens with two attached hydrogens (primary N) is 1. The largest absolute Gasteiger partial charge is 0.330 e. The highest BCUT2D eigenvalue weighted by molar-refractivity contribution is 4.83. The lowest BCUT2D eigenvalue weighted by atomic mass is 9.81. The van der Waals surface area contributed by atoms with Crippen LogP contribution in [0.25, 0.3) is 0 Å². The van der Waals surface area contributed by atoms with Crippen LogP contribution in [0.15, 0.2) is 0 Å². The van der Waals surface area contributed by atoms with Gasteiger partial charge in [-0.1, -0.05) is 34.6 Å². The fourth-order valence-corrected chi connectivity index (χ4v) is 3.00. The van der Waals surface area contributed by atoms with Gasteiger partial charge < -0.3 is 11.1 Å². The van der Waals surface area contributed by atoms with Gasteiger partial charge in [-0.15, -0.1) is 0 Å². The van der Waals surface area contributed by atoms with Gasteiger partial charge in [0.25, 0.3) is 0 Å². The molecule has 2 nitrogen and oxygen atoms in total. The third-order valence-corrected chi connectivity index (χ3v) is 3.27. The van der Waals surface area contributed by atoms with Crippen LogP contribution in [0.1, 0.15) is 67.7 Å². The van der Waals surface area contributed by atoms with E-state index in [0.29, 0.717) is 11.3 Å². The summed E-state index contributed by atoms with van der Waals surface area (Å²) in [5.74, 6) is 1.42. The molecule has 0 amide bonds. The normalized spacial score (nSPS) is 15.2. The zero-order chi connectivity index (χ0) is 14.4. The van der Waals surface area contributed by atoms with Gasteiger partial charge >= 0.3 is 0 Å². The molecule has 0 rings (SSSR count). The summed E-state index contributed by atoms with van der Waals surface area (Å²) in [4.78, 5) is 0. The van der Waals surface area contributed by atoms with Gasteiger partial charge in [-0.3, -0.25) is 0 Å². The molecular weight excluding hydrogens is 220 g/mol. The molecule has 0 radical (unpaired) electrons. The van der Waals surface area contributed by atoms with Crippen molar-refractivity contribution in [3.63, 3.8) is 0 Å². The average Bonchev–Trinajstić information content (AvgIpc) is 2.11. The van der Waals surface area contributed by atoms with E-state index in [2.05, 4.69) is 53.8 Å². The molecule has 0 aliphatic carbocycles. The van der Waals surface area contributed by atoms with Gasteiger partial charge in [0, 0.05) is 5.54 Å². The first kappa shape index (κ1) is 17.9. The molecule has 0 fully saturated rings. The molecule has 0 aromatic carbocycles. The van der Waals surface area contributed by atoms with E-state index in [9.17, 15) is 0 Å². The molecule has 3 N–H and O–H groups in total. The summed E-state index contributed by atoms with van der Waals surface area (Å²) in [6.07, 6.45) is 3.64. The Bertz CT molecular complexity index is 214. The molecule has 18 heavy (non-hydrogen) atoms. The van der Waals surface area contributed by atoms with Crippen molar-refractivity contribution in [2.24, 2.45) is 23.0 Å². The van der Waals surface area contributed by atoms with Crippen molar-refractivity contribution in [2.75, 3.05) is 13.1 Å². The lowest BCUT2D eigenvalue weighted by Gasteiger charge is -2.34. The summed E-state index contributed by atoms with van der Waals surface area (Å²) in [5, 5.41) is 3.70. The second kappa shape index (κ2) is 7.49. The predicted molar refractivity (Wildman–Crippen MR) is 82.8 cm³/mol. The molecule has 110 valence electrons.